The molecule has 0 unspecified atom stereocenters. The van der Waals surface area contributed by atoms with Crippen LogP contribution < -0.4 is 20.8 Å². The second-order valence-corrected chi connectivity index (χ2v) is 7.13. The van der Waals surface area contributed by atoms with Gasteiger partial charge in [-0.05, 0) is 37.8 Å². The zero-order valence-corrected chi connectivity index (χ0v) is 21.3. The van der Waals surface area contributed by atoms with E-state index in [1.807, 2.05) is 0 Å². The minimum atomic E-state index is -1.55. The third-order valence-corrected chi connectivity index (χ3v) is 3.77. The number of unbranched alkanes of at least 4 members (excludes halogenated alkanes) is 4. The lowest BCUT2D eigenvalue weighted by atomic mass is 10.3. The molecule has 6 N–H and O–H groups in total. The highest BCUT2D eigenvalue weighted by atomic mass is 16.4. The van der Waals surface area contributed by atoms with Crippen LogP contribution in [0, 0.1) is 0 Å². The first kappa shape index (κ1) is 38.5. The lowest BCUT2D eigenvalue weighted by Gasteiger charge is -1.96. The van der Waals surface area contributed by atoms with Crippen molar-refractivity contribution >= 4 is 23.9 Å². The number of carbonyl (C=O) groups excluding carboxylic acids is 2. The number of carbonyl (C=O) groups is 4. The van der Waals surface area contributed by atoms with E-state index in [1.165, 1.54) is 77.5 Å². The Labute approximate surface area is 204 Å². The van der Waals surface area contributed by atoms with Gasteiger partial charge in [0.05, 0.1) is 38.1 Å². The quantitative estimate of drug-likeness (QED) is 0.157. The number of hydrogen-bond acceptors (Lipinski definition) is 6. The molecule has 0 radical (unpaired) electrons. The first-order valence-corrected chi connectivity index (χ1v) is 12.0. The first-order chi connectivity index (χ1) is 16.1. The standard InChI is InChI=1S/2C8H19N.2C4H4O4/c2*1-3-5-7-9-8-6-4-2;2*5-3(6)1-2-4(7)8/h2*9H,3-8H2,1-2H3;2*1-2H,(H,5,6)(H,7,8)/b;;2*2-1+. The van der Waals surface area contributed by atoms with E-state index in [9.17, 15) is 29.4 Å². The molecule has 0 amide bonds. The molecule has 0 aromatic heterocycles. The van der Waals surface area contributed by atoms with E-state index in [2.05, 4.69) is 38.3 Å². The zero-order chi connectivity index (χ0) is 27.0. The third-order valence-electron chi connectivity index (χ3n) is 3.77. The Morgan fingerprint density at radius 1 is 0.559 bits per heavy atom. The number of rotatable bonds is 16. The average molecular weight is 491 g/mol. The van der Waals surface area contributed by atoms with Gasteiger partial charge >= 0.3 is 11.9 Å². The van der Waals surface area contributed by atoms with Gasteiger partial charge in [0.25, 0.3) is 0 Å². The number of aliphatic carboxylic acids is 4. The monoisotopic (exact) mass is 490 g/mol. The van der Waals surface area contributed by atoms with Crippen molar-refractivity contribution in [2.75, 3.05) is 26.2 Å². The molecule has 0 heterocycles. The fraction of sp³-hybridized carbons (Fsp3) is 0.667. The summed E-state index contributed by atoms with van der Waals surface area (Å²) in [6.07, 6.45) is 12.7. The summed E-state index contributed by atoms with van der Waals surface area (Å²) in [5.41, 5.74) is 0. The van der Waals surface area contributed by atoms with Crippen LogP contribution in [0.5, 0.6) is 0 Å². The van der Waals surface area contributed by atoms with Gasteiger partial charge in [0.2, 0.25) is 0 Å². The largest absolute Gasteiger partial charge is 0.545 e. The topological polar surface area (TPSA) is 188 Å². The first-order valence-electron chi connectivity index (χ1n) is 12.0. The lowest BCUT2D eigenvalue weighted by Crippen LogP contribution is -2.84. The summed E-state index contributed by atoms with van der Waals surface area (Å²) in [7, 11) is 0. The lowest BCUT2D eigenvalue weighted by molar-refractivity contribution is -0.655. The van der Waals surface area contributed by atoms with Crippen LogP contribution in [0.1, 0.15) is 79.1 Å². The highest BCUT2D eigenvalue weighted by molar-refractivity contribution is 5.89. The second-order valence-electron chi connectivity index (χ2n) is 7.13. The molecule has 0 saturated carbocycles. The van der Waals surface area contributed by atoms with Gasteiger partial charge in [0.1, 0.15) is 0 Å². The maximum atomic E-state index is 9.55. The fourth-order valence-corrected chi connectivity index (χ4v) is 1.96. The fourth-order valence-electron chi connectivity index (χ4n) is 1.96. The Hall–Kier alpha value is -2.72. The Balaban J connectivity index is -0.000000177. The highest BCUT2D eigenvalue weighted by Gasteiger charge is 1.88. The van der Waals surface area contributed by atoms with Crippen LogP contribution in [0.25, 0.3) is 0 Å². The number of nitrogens with two attached hydrogens (primary N) is 2. The summed E-state index contributed by atoms with van der Waals surface area (Å²) in [6, 6.07) is 0. The molecule has 0 bridgehead atoms. The molecule has 0 spiro atoms. The maximum absolute atomic E-state index is 9.55. The van der Waals surface area contributed by atoms with Gasteiger partial charge in [-0.1, -0.05) is 53.4 Å². The molecule has 0 saturated heterocycles. The smallest absolute Gasteiger partial charge is 0.328 e. The molecule has 0 aromatic carbocycles. The highest BCUT2D eigenvalue weighted by Crippen LogP contribution is 1.81. The van der Waals surface area contributed by atoms with Crippen molar-refractivity contribution in [2.45, 2.75) is 79.1 Å². The van der Waals surface area contributed by atoms with E-state index in [-0.39, 0.29) is 0 Å². The van der Waals surface area contributed by atoms with Crippen molar-refractivity contribution in [3.8, 4) is 0 Å². The van der Waals surface area contributed by atoms with Crippen LogP contribution in [0.4, 0.5) is 0 Å². The van der Waals surface area contributed by atoms with Crippen molar-refractivity contribution in [3.63, 3.8) is 0 Å². The SMILES string of the molecule is CCCC[NH2+]CCCC.CCCC[NH2+]CCCC.O=C(O)/C=C/C(=O)O.O=C([O-])/C=C/C(=O)[O-]. The number of quaternary nitrogens is 2. The number of hydrogen-bond donors (Lipinski definition) is 4. The Bertz CT molecular complexity index is 457. The van der Waals surface area contributed by atoms with E-state index in [0.717, 1.165) is 0 Å². The molecule has 200 valence electrons. The maximum Gasteiger partial charge on any atom is 0.328 e. The van der Waals surface area contributed by atoms with Gasteiger partial charge in [0, 0.05) is 12.2 Å². The molecule has 0 aliphatic rings. The summed E-state index contributed by atoms with van der Waals surface area (Å²) in [5.74, 6) is -5.61. The van der Waals surface area contributed by atoms with E-state index in [4.69, 9.17) is 10.2 Å². The molecule has 0 aromatic rings. The van der Waals surface area contributed by atoms with Crippen LogP contribution in [0.15, 0.2) is 24.3 Å². The van der Waals surface area contributed by atoms with Gasteiger partial charge < -0.3 is 40.6 Å². The van der Waals surface area contributed by atoms with Crippen molar-refractivity contribution in [1.29, 1.82) is 0 Å². The van der Waals surface area contributed by atoms with Gasteiger partial charge in [-0.2, -0.15) is 0 Å². The van der Waals surface area contributed by atoms with Gasteiger partial charge in [-0.15, -0.1) is 0 Å². The second kappa shape index (κ2) is 34.9. The summed E-state index contributed by atoms with van der Waals surface area (Å²) in [4.78, 5) is 37.9. The Morgan fingerprint density at radius 3 is 0.941 bits per heavy atom. The molecule has 10 nitrogen and oxygen atoms in total. The Morgan fingerprint density at radius 2 is 0.794 bits per heavy atom. The molecule has 0 atom stereocenters. The summed E-state index contributed by atoms with van der Waals surface area (Å²) < 4.78 is 0. The molecule has 0 fully saturated rings. The molecular weight excluding hydrogens is 444 g/mol. The van der Waals surface area contributed by atoms with Crippen LogP contribution in [0.2, 0.25) is 0 Å². The van der Waals surface area contributed by atoms with Gasteiger partial charge in [-0.25, -0.2) is 9.59 Å². The van der Waals surface area contributed by atoms with Crippen LogP contribution in [-0.2, 0) is 19.2 Å². The molecule has 10 heteroatoms. The van der Waals surface area contributed by atoms with Crippen LogP contribution in [0.3, 0.4) is 0 Å². The van der Waals surface area contributed by atoms with E-state index < -0.39 is 23.9 Å². The predicted octanol–water partition coefficient (Wildman–Crippen LogP) is -0.946. The Kier molecular flexibility index (Phi) is 39.5. The number of carboxylic acids is 4. The van der Waals surface area contributed by atoms with Gasteiger partial charge in [0.15, 0.2) is 0 Å². The minimum absolute atomic E-state index is 0.384. The molecule has 0 aliphatic heterocycles. The zero-order valence-electron chi connectivity index (χ0n) is 21.3. The summed E-state index contributed by atoms with van der Waals surface area (Å²) >= 11 is 0. The normalized spacial score (nSPS) is 9.76. The molecular formula is C24H46N2O8. The minimum Gasteiger partial charge on any atom is -0.545 e. The summed E-state index contributed by atoms with van der Waals surface area (Å²) in [6.45, 7) is 14.3. The van der Waals surface area contributed by atoms with Crippen molar-refractivity contribution in [3.05, 3.63) is 24.3 Å². The molecule has 34 heavy (non-hydrogen) atoms. The van der Waals surface area contributed by atoms with Crippen LogP contribution in [-0.4, -0.2) is 60.3 Å². The van der Waals surface area contributed by atoms with Crippen molar-refractivity contribution in [2.24, 2.45) is 0 Å². The predicted molar refractivity (Wildman–Crippen MR) is 127 cm³/mol. The van der Waals surface area contributed by atoms with Crippen LogP contribution >= 0.6 is 0 Å². The van der Waals surface area contributed by atoms with Gasteiger partial charge in [-0.3, -0.25) is 0 Å². The average Bonchev–Trinajstić information content (AvgIpc) is 2.77. The van der Waals surface area contributed by atoms with Crippen molar-refractivity contribution < 1.29 is 50.2 Å². The summed E-state index contributed by atoms with van der Waals surface area (Å²) in [5, 5.41) is 39.3. The number of carboxylic acid groups (broad SMARTS) is 4. The van der Waals surface area contributed by atoms with E-state index in [0.29, 0.717) is 24.3 Å². The third kappa shape index (κ3) is 63.0. The molecule has 0 aliphatic carbocycles. The van der Waals surface area contributed by atoms with E-state index in [1.54, 1.807) is 0 Å². The molecule has 0 rings (SSSR count). The van der Waals surface area contributed by atoms with Crippen molar-refractivity contribution in [1.82, 2.24) is 0 Å². The van der Waals surface area contributed by atoms with E-state index >= 15 is 0 Å².